The highest BCUT2D eigenvalue weighted by Crippen LogP contribution is 2.36. The number of nitrogens with zero attached hydrogens (tertiary/aromatic N) is 1. The number of carbonyl (C=O) groups is 1. The van der Waals surface area contributed by atoms with E-state index in [2.05, 4.69) is 10.5 Å². The predicted molar refractivity (Wildman–Crippen MR) is 98.9 cm³/mol. The summed E-state index contributed by atoms with van der Waals surface area (Å²) in [6, 6.07) is 7.90. The molecule has 8 nitrogen and oxygen atoms in total. The van der Waals surface area contributed by atoms with Crippen LogP contribution < -0.4 is 14.9 Å². The van der Waals surface area contributed by atoms with Crippen LogP contribution in [0, 0.1) is 6.92 Å². The van der Waals surface area contributed by atoms with Gasteiger partial charge in [-0.25, -0.2) is 5.43 Å². The number of aryl methyl sites for hydroxylation is 1. The Morgan fingerprint density at radius 3 is 2.44 bits per heavy atom. The normalized spacial score (nSPS) is 11.1. The number of amides is 1. The van der Waals surface area contributed by atoms with E-state index in [0.29, 0.717) is 22.1 Å². The minimum atomic E-state index is -0.558. The number of fused-ring (bicyclic) bond motifs is 1. The van der Waals surface area contributed by atoms with E-state index in [9.17, 15) is 15.0 Å². The van der Waals surface area contributed by atoms with Crippen LogP contribution in [-0.4, -0.2) is 36.6 Å². The molecular formula is C19H18N2O6. The first-order valence-electron chi connectivity index (χ1n) is 7.95. The summed E-state index contributed by atoms with van der Waals surface area (Å²) in [7, 11) is 2.83. The first-order chi connectivity index (χ1) is 13.0. The third-order valence-electron chi connectivity index (χ3n) is 4.02. The molecule has 1 amide bonds. The molecule has 0 saturated heterocycles. The van der Waals surface area contributed by atoms with Crippen LogP contribution in [0.15, 0.2) is 39.9 Å². The Labute approximate surface area is 154 Å². The largest absolute Gasteiger partial charge is 0.507 e. The highest BCUT2D eigenvalue weighted by Gasteiger charge is 2.19. The van der Waals surface area contributed by atoms with E-state index in [4.69, 9.17) is 13.9 Å². The van der Waals surface area contributed by atoms with Gasteiger partial charge in [-0.3, -0.25) is 4.79 Å². The summed E-state index contributed by atoms with van der Waals surface area (Å²) in [5.74, 6) is -0.156. The SMILES string of the molecule is COc1cc(/C=N/NC(=O)c2oc3cccc(O)c3c2C)cc(OC)c1O. The maximum Gasteiger partial charge on any atom is 0.307 e. The van der Waals surface area contributed by atoms with E-state index >= 15 is 0 Å². The molecule has 0 atom stereocenters. The summed E-state index contributed by atoms with van der Waals surface area (Å²) in [4.78, 5) is 12.3. The standard InChI is InChI=1S/C19H18N2O6/c1-10-16-12(22)5-4-6-13(16)27-18(10)19(24)21-20-9-11-7-14(25-2)17(23)15(8-11)26-3/h4-9,22-23H,1-3H3,(H,21,24)/b20-9+. The zero-order chi connectivity index (χ0) is 19.6. The maximum absolute atomic E-state index is 12.3. The number of ether oxygens (including phenoxy) is 2. The molecule has 1 heterocycles. The van der Waals surface area contributed by atoms with E-state index in [1.165, 1.54) is 38.6 Å². The van der Waals surface area contributed by atoms with Gasteiger partial charge in [0.2, 0.25) is 5.75 Å². The first-order valence-corrected chi connectivity index (χ1v) is 7.95. The summed E-state index contributed by atoms with van der Waals surface area (Å²) < 4.78 is 15.6. The Hall–Kier alpha value is -3.68. The maximum atomic E-state index is 12.3. The quantitative estimate of drug-likeness (QED) is 0.470. The molecule has 3 aromatic rings. The summed E-state index contributed by atoms with van der Waals surface area (Å²) in [6.07, 6.45) is 1.37. The van der Waals surface area contributed by atoms with E-state index in [1.54, 1.807) is 19.1 Å². The molecule has 140 valence electrons. The highest BCUT2D eigenvalue weighted by molar-refractivity contribution is 6.00. The van der Waals surface area contributed by atoms with E-state index in [0.717, 1.165) is 0 Å². The monoisotopic (exact) mass is 370 g/mol. The average Bonchev–Trinajstić information content (AvgIpc) is 3.00. The molecule has 3 N–H and O–H groups in total. The Morgan fingerprint density at radius 2 is 1.85 bits per heavy atom. The van der Waals surface area contributed by atoms with Crippen LogP contribution in [0.2, 0.25) is 0 Å². The van der Waals surface area contributed by atoms with Gasteiger partial charge in [0.1, 0.15) is 11.3 Å². The molecule has 0 aliphatic carbocycles. The second-order valence-electron chi connectivity index (χ2n) is 5.68. The van der Waals surface area contributed by atoms with E-state index in [1.807, 2.05) is 0 Å². The molecule has 0 unspecified atom stereocenters. The number of hydrogen-bond donors (Lipinski definition) is 3. The van der Waals surface area contributed by atoms with Crippen molar-refractivity contribution in [3.8, 4) is 23.0 Å². The molecule has 0 saturated carbocycles. The average molecular weight is 370 g/mol. The van der Waals surface area contributed by atoms with Gasteiger partial charge in [-0.2, -0.15) is 5.10 Å². The van der Waals surface area contributed by atoms with E-state index < -0.39 is 5.91 Å². The summed E-state index contributed by atoms with van der Waals surface area (Å²) >= 11 is 0. The van der Waals surface area contributed by atoms with Gasteiger partial charge in [0.25, 0.3) is 0 Å². The Kier molecular flexibility index (Phi) is 4.89. The Bertz CT molecular complexity index is 1010. The van der Waals surface area contributed by atoms with Crippen LogP contribution in [0.3, 0.4) is 0 Å². The zero-order valence-corrected chi connectivity index (χ0v) is 14.9. The van der Waals surface area contributed by atoms with Crippen LogP contribution in [0.5, 0.6) is 23.0 Å². The summed E-state index contributed by atoms with van der Waals surface area (Å²) in [5.41, 5.74) is 3.84. The molecule has 0 fully saturated rings. The molecule has 8 heteroatoms. The van der Waals surface area contributed by atoms with E-state index in [-0.39, 0.29) is 28.8 Å². The molecule has 27 heavy (non-hydrogen) atoms. The number of carbonyl (C=O) groups excluding carboxylic acids is 1. The number of nitrogens with one attached hydrogen (secondary N) is 1. The van der Waals surface area contributed by atoms with Crippen molar-refractivity contribution in [1.29, 1.82) is 0 Å². The Morgan fingerprint density at radius 1 is 1.19 bits per heavy atom. The number of phenolic OH excluding ortho intramolecular Hbond substituents is 2. The fourth-order valence-corrected chi connectivity index (χ4v) is 2.70. The molecule has 1 aromatic heterocycles. The van der Waals surface area contributed by atoms with Crippen molar-refractivity contribution in [2.24, 2.45) is 5.10 Å². The fraction of sp³-hybridized carbons (Fsp3) is 0.158. The smallest absolute Gasteiger partial charge is 0.307 e. The predicted octanol–water partition coefficient (Wildman–Crippen LogP) is 2.93. The second kappa shape index (κ2) is 7.28. The number of furan rings is 1. The van der Waals surface area contributed by atoms with Gasteiger partial charge in [-0.15, -0.1) is 0 Å². The van der Waals surface area contributed by atoms with Gasteiger partial charge in [0.15, 0.2) is 17.3 Å². The molecular weight excluding hydrogens is 352 g/mol. The summed E-state index contributed by atoms with van der Waals surface area (Å²) in [5, 5.41) is 24.2. The zero-order valence-electron chi connectivity index (χ0n) is 14.9. The van der Waals surface area contributed by atoms with Crippen LogP contribution in [-0.2, 0) is 0 Å². The third-order valence-corrected chi connectivity index (χ3v) is 4.02. The van der Waals surface area contributed by atoms with Gasteiger partial charge in [-0.1, -0.05) is 6.07 Å². The number of benzene rings is 2. The van der Waals surface area contributed by atoms with Crippen LogP contribution in [0.1, 0.15) is 21.7 Å². The number of phenols is 2. The minimum absolute atomic E-state index is 0.0413. The highest BCUT2D eigenvalue weighted by atomic mass is 16.5. The number of aromatic hydroxyl groups is 2. The minimum Gasteiger partial charge on any atom is -0.507 e. The van der Waals surface area contributed by atoms with Crippen LogP contribution in [0.25, 0.3) is 11.0 Å². The van der Waals surface area contributed by atoms with Crippen LogP contribution >= 0.6 is 0 Å². The van der Waals surface area contributed by atoms with Crippen molar-refractivity contribution in [3.05, 3.63) is 47.2 Å². The summed E-state index contributed by atoms with van der Waals surface area (Å²) in [6.45, 7) is 1.68. The first kappa shape index (κ1) is 18.1. The van der Waals surface area contributed by atoms with Crippen molar-refractivity contribution < 1.29 is 28.9 Å². The van der Waals surface area contributed by atoms with Crippen molar-refractivity contribution in [2.75, 3.05) is 14.2 Å². The topological polar surface area (TPSA) is 114 Å². The van der Waals surface area contributed by atoms with Gasteiger partial charge in [-0.05, 0) is 31.2 Å². The van der Waals surface area contributed by atoms with Crippen molar-refractivity contribution in [2.45, 2.75) is 6.92 Å². The van der Waals surface area contributed by atoms with Gasteiger partial charge < -0.3 is 24.1 Å². The number of hydrazone groups is 1. The lowest BCUT2D eigenvalue weighted by molar-refractivity contribution is 0.0929. The Balaban J connectivity index is 1.82. The number of rotatable bonds is 5. The molecule has 2 aromatic carbocycles. The van der Waals surface area contributed by atoms with Gasteiger partial charge >= 0.3 is 5.91 Å². The number of methoxy groups -OCH3 is 2. The van der Waals surface area contributed by atoms with Gasteiger partial charge in [0, 0.05) is 11.1 Å². The molecule has 0 aliphatic rings. The lowest BCUT2D eigenvalue weighted by Crippen LogP contribution is -2.17. The molecule has 0 spiro atoms. The third kappa shape index (κ3) is 3.37. The van der Waals surface area contributed by atoms with Crippen molar-refractivity contribution in [1.82, 2.24) is 5.43 Å². The van der Waals surface area contributed by atoms with Crippen molar-refractivity contribution in [3.63, 3.8) is 0 Å². The molecule has 0 bridgehead atoms. The van der Waals surface area contributed by atoms with Crippen LogP contribution in [0.4, 0.5) is 0 Å². The second-order valence-corrected chi connectivity index (χ2v) is 5.68. The molecule has 0 radical (unpaired) electrons. The molecule has 0 aliphatic heterocycles. The van der Waals surface area contributed by atoms with Gasteiger partial charge in [0.05, 0.1) is 25.8 Å². The lowest BCUT2D eigenvalue weighted by atomic mass is 10.1. The fourth-order valence-electron chi connectivity index (χ4n) is 2.70. The number of hydrogen-bond acceptors (Lipinski definition) is 7. The molecule has 3 rings (SSSR count). The van der Waals surface area contributed by atoms with Crippen molar-refractivity contribution >= 4 is 23.1 Å². The lowest BCUT2D eigenvalue weighted by Gasteiger charge is -2.09.